The second-order valence-corrected chi connectivity index (χ2v) is 11.8. The second-order valence-electron chi connectivity index (χ2n) is 11.8. The topological polar surface area (TPSA) is 55.0 Å². The van der Waals surface area contributed by atoms with Gasteiger partial charge in [0.1, 0.15) is 5.58 Å². The summed E-state index contributed by atoms with van der Waals surface area (Å²) >= 11 is 0. The molecule has 7 aromatic rings. The molecule has 220 valence electrons. The number of benzene rings is 4. The molecule has 5 heterocycles. The van der Waals surface area contributed by atoms with Gasteiger partial charge in [-0.1, -0.05) is 60.7 Å². The van der Waals surface area contributed by atoms with Crippen LogP contribution in [0.5, 0.6) is 0 Å². The Hall–Kier alpha value is -6.07. The van der Waals surface area contributed by atoms with Gasteiger partial charge in [0, 0.05) is 46.7 Å². The van der Waals surface area contributed by atoms with Crippen molar-refractivity contribution in [3.05, 3.63) is 175 Å². The van der Waals surface area contributed by atoms with E-state index >= 15 is 0 Å². The minimum Gasteiger partial charge on any atom is -0.464 e. The van der Waals surface area contributed by atoms with Crippen LogP contribution in [0.1, 0.15) is 28.3 Å². The molecule has 9 rings (SSSR count). The van der Waals surface area contributed by atoms with Crippen molar-refractivity contribution in [2.45, 2.75) is 6.04 Å². The predicted molar refractivity (Wildman–Crippen MR) is 188 cm³/mol. The average Bonchev–Trinajstić information content (AvgIpc) is 3.75. The normalized spacial score (nSPS) is 16.2. The molecule has 0 saturated carbocycles. The van der Waals surface area contributed by atoms with Crippen molar-refractivity contribution in [2.24, 2.45) is 0 Å². The van der Waals surface area contributed by atoms with Crippen LogP contribution in [0.3, 0.4) is 0 Å². The smallest absolute Gasteiger partial charge is 0.143 e. The van der Waals surface area contributed by atoms with Gasteiger partial charge in [-0.2, -0.15) is 0 Å². The van der Waals surface area contributed by atoms with E-state index in [1.54, 1.807) is 6.26 Å². The zero-order chi connectivity index (χ0) is 30.5. The van der Waals surface area contributed by atoms with Crippen molar-refractivity contribution in [3.8, 4) is 5.69 Å². The number of hydrogen-bond donors (Lipinski definition) is 2. The molecule has 2 aliphatic rings. The minimum absolute atomic E-state index is 0.0391. The Kier molecular flexibility index (Phi) is 6.20. The molecule has 0 spiro atoms. The van der Waals surface area contributed by atoms with E-state index in [9.17, 15) is 0 Å². The molecule has 4 aromatic carbocycles. The number of nitrogens with zero attached hydrogens (tertiary/aromatic N) is 2. The van der Waals surface area contributed by atoms with Gasteiger partial charge in [0.15, 0.2) is 0 Å². The zero-order valence-electron chi connectivity index (χ0n) is 25.0. The summed E-state index contributed by atoms with van der Waals surface area (Å²) in [5.74, 6) is 0. The van der Waals surface area contributed by atoms with Gasteiger partial charge < -0.3 is 19.6 Å². The van der Waals surface area contributed by atoms with Crippen molar-refractivity contribution in [1.29, 1.82) is 0 Å². The van der Waals surface area contributed by atoms with Gasteiger partial charge in [-0.05, 0) is 101 Å². The number of dihydropyridines is 2. The van der Waals surface area contributed by atoms with E-state index in [2.05, 4.69) is 142 Å². The Morgan fingerprint density at radius 3 is 2.46 bits per heavy atom. The number of rotatable bonds is 5. The van der Waals surface area contributed by atoms with Crippen LogP contribution in [0.25, 0.3) is 55.3 Å². The first-order valence-electron chi connectivity index (χ1n) is 15.6. The van der Waals surface area contributed by atoms with E-state index in [4.69, 9.17) is 4.42 Å². The Morgan fingerprint density at radius 2 is 1.61 bits per heavy atom. The van der Waals surface area contributed by atoms with Gasteiger partial charge in [-0.3, -0.25) is 4.98 Å². The summed E-state index contributed by atoms with van der Waals surface area (Å²) in [5, 5.41) is 10.5. The summed E-state index contributed by atoms with van der Waals surface area (Å²) in [5.41, 5.74) is 12.5. The monoisotopic (exact) mass is 594 g/mol. The molecule has 2 N–H and O–H groups in total. The van der Waals surface area contributed by atoms with E-state index in [0.29, 0.717) is 0 Å². The van der Waals surface area contributed by atoms with E-state index in [-0.39, 0.29) is 6.04 Å². The summed E-state index contributed by atoms with van der Waals surface area (Å²) in [4.78, 5) is 4.26. The van der Waals surface area contributed by atoms with Crippen LogP contribution in [-0.2, 0) is 0 Å². The third kappa shape index (κ3) is 4.44. The van der Waals surface area contributed by atoms with Crippen LogP contribution in [0.2, 0.25) is 0 Å². The van der Waals surface area contributed by atoms with Gasteiger partial charge in [0.25, 0.3) is 0 Å². The van der Waals surface area contributed by atoms with Crippen molar-refractivity contribution in [1.82, 2.24) is 20.2 Å². The lowest BCUT2D eigenvalue weighted by molar-refractivity contribution is 0.619. The van der Waals surface area contributed by atoms with Crippen LogP contribution in [0.15, 0.2) is 157 Å². The van der Waals surface area contributed by atoms with E-state index in [1.807, 2.05) is 24.7 Å². The van der Waals surface area contributed by atoms with Gasteiger partial charge >= 0.3 is 0 Å². The summed E-state index contributed by atoms with van der Waals surface area (Å²) in [6.45, 7) is 0.852. The largest absolute Gasteiger partial charge is 0.464 e. The number of fused-ring (bicyclic) bond motifs is 5. The van der Waals surface area contributed by atoms with Gasteiger partial charge in [0.05, 0.1) is 28.7 Å². The summed E-state index contributed by atoms with van der Waals surface area (Å²) in [7, 11) is 0. The lowest BCUT2D eigenvalue weighted by atomic mass is 9.92. The molecule has 46 heavy (non-hydrogen) atoms. The highest BCUT2D eigenvalue weighted by atomic mass is 16.3. The van der Waals surface area contributed by atoms with Crippen molar-refractivity contribution in [2.75, 3.05) is 6.54 Å². The molecular formula is C41H30N4O. The molecule has 0 radical (unpaired) electrons. The summed E-state index contributed by atoms with van der Waals surface area (Å²) in [6, 6.07) is 36.8. The highest BCUT2D eigenvalue weighted by Crippen LogP contribution is 2.38. The Labute approximate surface area is 266 Å². The molecule has 3 aromatic heterocycles. The number of nitrogens with one attached hydrogen (secondary N) is 2. The van der Waals surface area contributed by atoms with Crippen LogP contribution < -0.4 is 10.6 Å². The molecule has 5 nitrogen and oxygen atoms in total. The van der Waals surface area contributed by atoms with Crippen LogP contribution >= 0.6 is 0 Å². The number of pyridine rings is 1. The minimum atomic E-state index is -0.0391. The average molecular weight is 595 g/mol. The van der Waals surface area contributed by atoms with Crippen molar-refractivity contribution < 1.29 is 4.42 Å². The zero-order valence-corrected chi connectivity index (χ0v) is 25.0. The molecule has 5 heteroatoms. The number of aromatic nitrogens is 2. The number of hydrogen-bond acceptors (Lipinski definition) is 4. The van der Waals surface area contributed by atoms with Gasteiger partial charge in [0.2, 0.25) is 0 Å². The first-order chi connectivity index (χ1) is 22.8. The Bertz CT molecular complexity index is 2390. The SMILES string of the molecule is C1=CC(c2ccc(C3=CC(c4cccc(-n5c6ccccc6c6c7occc7ccc65)c4)NC(c4ccncc4)=C3)cc2)=CCN1. The molecule has 0 aliphatic carbocycles. The van der Waals surface area contributed by atoms with Crippen LogP contribution in [0.4, 0.5) is 0 Å². The quantitative estimate of drug-likeness (QED) is 0.209. The molecule has 0 fully saturated rings. The van der Waals surface area contributed by atoms with Crippen LogP contribution in [-0.4, -0.2) is 16.1 Å². The molecule has 2 aliphatic heterocycles. The maximum absolute atomic E-state index is 6.01. The third-order valence-corrected chi connectivity index (χ3v) is 9.06. The maximum atomic E-state index is 6.01. The fourth-order valence-corrected chi connectivity index (χ4v) is 6.83. The second kappa shape index (κ2) is 10.8. The molecule has 1 unspecified atom stereocenters. The van der Waals surface area contributed by atoms with Gasteiger partial charge in [-0.15, -0.1) is 0 Å². The first-order valence-corrected chi connectivity index (χ1v) is 15.6. The maximum Gasteiger partial charge on any atom is 0.143 e. The molecule has 0 saturated heterocycles. The van der Waals surface area contributed by atoms with Crippen molar-refractivity contribution >= 4 is 49.6 Å². The third-order valence-electron chi connectivity index (χ3n) is 9.06. The summed E-state index contributed by atoms with van der Waals surface area (Å²) < 4.78 is 8.36. The molecule has 1 atom stereocenters. The lowest BCUT2D eigenvalue weighted by Gasteiger charge is -2.26. The molecule has 0 amide bonds. The molecule has 0 bridgehead atoms. The standard InChI is InChI=1S/C41H30N4O/c1-2-7-38-35(6-1)40-39(13-12-31-18-23-46-41(31)40)45(38)34-5-3-4-32(24-34)37-26-33(25-36(44-37)30-16-21-43-22-17-30)28-10-8-27(9-11-28)29-14-19-42-20-15-29/h1-19,21-26,37,42,44H,20H2. The van der Waals surface area contributed by atoms with Gasteiger partial charge in [-0.25, -0.2) is 0 Å². The first kappa shape index (κ1) is 26.3. The Morgan fingerprint density at radius 1 is 0.761 bits per heavy atom. The Balaban J connectivity index is 1.15. The molecular weight excluding hydrogens is 564 g/mol. The predicted octanol–water partition coefficient (Wildman–Crippen LogP) is 9.19. The summed E-state index contributed by atoms with van der Waals surface area (Å²) in [6.07, 6.45) is 16.4. The number of para-hydroxylation sites is 1. The number of furan rings is 1. The fourth-order valence-electron chi connectivity index (χ4n) is 6.83. The van der Waals surface area contributed by atoms with Crippen molar-refractivity contribution in [3.63, 3.8) is 0 Å². The van der Waals surface area contributed by atoms with E-state index < -0.39 is 0 Å². The fraction of sp³-hybridized carbons (Fsp3) is 0.0488. The highest BCUT2D eigenvalue weighted by Gasteiger charge is 2.21. The number of allylic oxidation sites excluding steroid dienone is 4. The van der Waals surface area contributed by atoms with E-state index in [1.165, 1.54) is 33.2 Å². The highest BCUT2D eigenvalue weighted by molar-refractivity contribution is 6.19. The van der Waals surface area contributed by atoms with Crippen LogP contribution in [0, 0.1) is 0 Å². The van der Waals surface area contributed by atoms with E-state index in [0.717, 1.165) is 50.9 Å². The lowest BCUT2D eigenvalue weighted by Crippen LogP contribution is -2.22.